The van der Waals surface area contributed by atoms with Crippen LogP contribution in [0, 0.1) is 11.6 Å². The smallest absolute Gasteiger partial charge is 0.293 e. The molecule has 0 amide bonds. The summed E-state index contributed by atoms with van der Waals surface area (Å²) in [5, 5.41) is 2.89. The normalized spacial score (nSPS) is 10.6. The number of anilines is 1. The first-order valence-corrected chi connectivity index (χ1v) is 6.34. The van der Waals surface area contributed by atoms with E-state index in [0.29, 0.717) is 25.1 Å². The van der Waals surface area contributed by atoms with Crippen LogP contribution in [-0.4, -0.2) is 16.1 Å². The molecule has 0 aliphatic heterocycles. The lowest BCUT2D eigenvalue weighted by atomic mass is 10.1. The van der Waals surface area contributed by atoms with Gasteiger partial charge in [0.15, 0.2) is 5.82 Å². The predicted molar refractivity (Wildman–Crippen MR) is 72.7 cm³/mol. The largest absolute Gasteiger partial charge is 0.365 e. The first-order chi connectivity index (χ1) is 9.60. The molecular formula is C14H15F2N3O. The molecule has 2 rings (SSSR count). The van der Waals surface area contributed by atoms with Gasteiger partial charge in [0.05, 0.1) is 0 Å². The summed E-state index contributed by atoms with van der Waals surface area (Å²) in [6.45, 7) is 2.80. The van der Waals surface area contributed by atoms with Crippen molar-refractivity contribution in [2.24, 2.45) is 0 Å². The zero-order valence-electron chi connectivity index (χ0n) is 11.1. The van der Waals surface area contributed by atoms with E-state index in [0.717, 1.165) is 6.07 Å². The Morgan fingerprint density at radius 1 is 1.25 bits per heavy atom. The van der Waals surface area contributed by atoms with E-state index in [9.17, 15) is 13.6 Å². The standard InChI is InChI=1S/C14H15F2N3O/c1-2-19-6-5-18-13(14(19)20)17-4-3-10-7-11(15)9-12(16)8-10/h5-9H,2-4H2,1H3,(H,17,18). The summed E-state index contributed by atoms with van der Waals surface area (Å²) in [7, 11) is 0. The maximum atomic E-state index is 13.0. The molecule has 0 saturated heterocycles. The number of benzene rings is 1. The van der Waals surface area contributed by atoms with Gasteiger partial charge >= 0.3 is 0 Å². The molecule has 0 aliphatic rings. The zero-order valence-corrected chi connectivity index (χ0v) is 11.1. The van der Waals surface area contributed by atoms with Gasteiger partial charge in [0, 0.05) is 31.5 Å². The van der Waals surface area contributed by atoms with Crippen molar-refractivity contribution < 1.29 is 8.78 Å². The summed E-state index contributed by atoms with van der Waals surface area (Å²) in [6.07, 6.45) is 3.54. The fraction of sp³-hybridized carbons (Fsp3) is 0.286. The fourth-order valence-electron chi connectivity index (χ4n) is 1.90. The number of halogens is 2. The van der Waals surface area contributed by atoms with Crippen molar-refractivity contribution in [3.05, 3.63) is 58.1 Å². The van der Waals surface area contributed by atoms with E-state index in [1.165, 1.54) is 22.9 Å². The summed E-state index contributed by atoms with van der Waals surface area (Å²) in [5.74, 6) is -0.969. The average Bonchev–Trinajstić information content (AvgIpc) is 2.39. The van der Waals surface area contributed by atoms with E-state index in [-0.39, 0.29) is 11.4 Å². The van der Waals surface area contributed by atoms with Crippen LogP contribution in [0.25, 0.3) is 0 Å². The van der Waals surface area contributed by atoms with E-state index in [1.54, 1.807) is 6.20 Å². The van der Waals surface area contributed by atoms with E-state index < -0.39 is 11.6 Å². The highest BCUT2D eigenvalue weighted by atomic mass is 19.1. The maximum Gasteiger partial charge on any atom is 0.293 e. The molecular weight excluding hydrogens is 264 g/mol. The SMILES string of the molecule is CCn1ccnc(NCCc2cc(F)cc(F)c2)c1=O. The Bertz CT molecular complexity index is 635. The monoisotopic (exact) mass is 279 g/mol. The number of nitrogens with zero attached hydrogens (tertiary/aromatic N) is 2. The van der Waals surface area contributed by atoms with Gasteiger partial charge in [0.1, 0.15) is 11.6 Å². The lowest BCUT2D eigenvalue weighted by molar-refractivity contribution is 0.580. The van der Waals surface area contributed by atoms with Crippen LogP contribution in [0.1, 0.15) is 12.5 Å². The van der Waals surface area contributed by atoms with Gasteiger partial charge in [-0.05, 0) is 31.0 Å². The van der Waals surface area contributed by atoms with Gasteiger partial charge in [-0.3, -0.25) is 4.79 Å². The molecule has 0 radical (unpaired) electrons. The molecule has 20 heavy (non-hydrogen) atoms. The molecule has 2 aromatic rings. The van der Waals surface area contributed by atoms with Crippen molar-refractivity contribution >= 4 is 5.82 Å². The Labute approximate surface area is 115 Å². The van der Waals surface area contributed by atoms with E-state index >= 15 is 0 Å². The highest BCUT2D eigenvalue weighted by molar-refractivity contribution is 5.31. The molecule has 0 atom stereocenters. The van der Waals surface area contributed by atoms with Crippen molar-refractivity contribution in [1.82, 2.24) is 9.55 Å². The second-order valence-corrected chi connectivity index (χ2v) is 4.32. The van der Waals surface area contributed by atoms with Crippen molar-refractivity contribution in [3.8, 4) is 0 Å². The van der Waals surface area contributed by atoms with Gasteiger partial charge in [-0.25, -0.2) is 13.8 Å². The molecule has 0 saturated carbocycles. The second kappa shape index (κ2) is 6.27. The minimum Gasteiger partial charge on any atom is -0.365 e. The van der Waals surface area contributed by atoms with Crippen LogP contribution in [0.2, 0.25) is 0 Å². The van der Waals surface area contributed by atoms with E-state index in [1.807, 2.05) is 6.92 Å². The molecule has 0 spiro atoms. The Morgan fingerprint density at radius 3 is 2.60 bits per heavy atom. The summed E-state index contributed by atoms with van der Waals surface area (Å²) in [6, 6.07) is 3.37. The number of hydrogen-bond acceptors (Lipinski definition) is 3. The number of aromatic nitrogens is 2. The minimum absolute atomic E-state index is 0.208. The molecule has 0 unspecified atom stereocenters. The Hall–Kier alpha value is -2.24. The maximum absolute atomic E-state index is 13.0. The highest BCUT2D eigenvalue weighted by Gasteiger charge is 2.04. The lowest BCUT2D eigenvalue weighted by Gasteiger charge is -2.07. The molecule has 0 aliphatic carbocycles. The molecule has 0 bridgehead atoms. The van der Waals surface area contributed by atoms with Crippen molar-refractivity contribution in [2.45, 2.75) is 19.9 Å². The highest BCUT2D eigenvalue weighted by Crippen LogP contribution is 2.08. The van der Waals surface area contributed by atoms with Crippen LogP contribution in [0.5, 0.6) is 0 Å². The van der Waals surface area contributed by atoms with Crippen LogP contribution >= 0.6 is 0 Å². The average molecular weight is 279 g/mol. The Morgan fingerprint density at radius 2 is 1.95 bits per heavy atom. The summed E-state index contributed by atoms with van der Waals surface area (Å²) >= 11 is 0. The molecule has 1 N–H and O–H groups in total. The van der Waals surface area contributed by atoms with Crippen LogP contribution in [0.3, 0.4) is 0 Å². The van der Waals surface area contributed by atoms with Crippen LogP contribution in [0.15, 0.2) is 35.4 Å². The third-order valence-corrected chi connectivity index (χ3v) is 2.88. The third kappa shape index (κ3) is 3.40. The minimum atomic E-state index is -0.605. The zero-order chi connectivity index (χ0) is 14.5. The van der Waals surface area contributed by atoms with Crippen molar-refractivity contribution in [1.29, 1.82) is 0 Å². The van der Waals surface area contributed by atoms with Gasteiger partial charge < -0.3 is 9.88 Å². The molecule has 106 valence electrons. The molecule has 1 aromatic carbocycles. The van der Waals surface area contributed by atoms with Crippen LogP contribution < -0.4 is 10.9 Å². The van der Waals surface area contributed by atoms with E-state index in [4.69, 9.17) is 0 Å². The molecule has 4 nitrogen and oxygen atoms in total. The van der Waals surface area contributed by atoms with Gasteiger partial charge in [-0.1, -0.05) is 0 Å². The van der Waals surface area contributed by atoms with Gasteiger partial charge in [-0.2, -0.15) is 0 Å². The molecule has 0 fully saturated rings. The fourth-order valence-corrected chi connectivity index (χ4v) is 1.90. The summed E-state index contributed by atoms with van der Waals surface area (Å²) in [5.41, 5.74) is 0.321. The molecule has 6 heteroatoms. The first kappa shape index (κ1) is 14.2. The molecule has 1 aromatic heterocycles. The van der Waals surface area contributed by atoms with Crippen molar-refractivity contribution in [3.63, 3.8) is 0 Å². The summed E-state index contributed by atoms with van der Waals surface area (Å²) in [4.78, 5) is 15.8. The Kier molecular flexibility index (Phi) is 4.45. The first-order valence-electron chi connectivity index (χ1n) is 6.34. The lowest BCUT2D eigenvalue weighted by Crippen LogP contribution is -2.24. The topological polar surface area (TPSA) is 46.9 Å². The second-order valence-electron chi connectivity index (χ2n) is 4.32. The van der Waals surface area contributed by atoms with Gasteiger partial charge in [0.2, 0.25) is 0 Å². The summed E-state index contributed by atoms with van der Waals surface area (Å²) < 4.78 is 27.6. The molecule has 1 heterocycles. The third-order valence-electron chi connectivity index (χ3n) is 2.88. The van der Waals surface area contributed by atoms with Crippen molar-refractivity contribution in [2.75, 3.05) is 11.9 Å². The quantitative estimate of drug-likeness (QED) is 0.912. The van der Waals surface area contributed by atoms with E-state index in [2.05, 4.69) is 10.3 Å². The van der Waals surface area contributed by atoms with Crippen LogP contribution in [0.4, 0.5) is 14.6 Å². The predicted octanol–water partition coefficient (Wildman–Crippen LogP) is 2.20. The van der Waals surface area contributed by atoms with Crippen LogP contribution in [-0.2, 0) is 13.0 Å². The van der Waals surface area contributed by atoms with Gasteiger partial charge in [0.25, 0.3) is 5.56 Å². The Balaban J connectivity index is 2.01. The van der Waals surface area contributed by atoms with Gasteiger partial charge in [-0.15, -0.1) is 0 Å². The number of hydrogen-bond donors (Lipinski definition) is 1. The number of rotatable bonds is 5. The number of nitrogens with one attached hydrogen (secondary N) is 1. The number of aryl methyl sites for hydroxylation is 1.